The molecule has 2 aliphatic rings. The smallest absolute Gasteiger partial charge is 0.134 e. The van der Waals surface area contributed by atoms with Crippen molar-refractivity contribution in [3.05, 3.63) is 41.5 Å². The second kappa shape index (κ2) is 8.19. The predicted octanol–water partition coefficient (Wildman–Crippen LogP) is -0.708. The second-order valence-electron chi connectivity index (χ2n) is 7.01. The van der Waals surface area contributed by atoms with Crippen LogP contribution in [-0.4, -0.2) is 52.4 Å². The van der Waals surface area contributed by atoms with E-state index < -0.39 is 0 Å². The quantitative estimate of drug-likeness (QED) is 0.722. The molecule has 0 atom stereocenters. The van der Waals surface area contributed by atoms with Crippen LogP contribution in [0.2, 0.25) is 0 Å². The first-order valence-corrected chi connectivity index (χ1v) is 9.25. The maximum Gasteiger partial charge on any atom is 0.134 e. The van der Waals surface area contributed by atoms with Crippen LogP contribution in [0.4, 0.5) is 5.69 Å². The number of anilines is 1. The van der Waals surface area contributed by atoms with Crippen molar-refractivity contribution in [3.8, 4) is 0 Å². The zero-order valence-corrected chi connectivity index (χ0v) is 15.8. The van der Waals surface area contributed by atoms with Gasteiger partial charge in [-0.05, 0) is 31.4 Å². The Morgan fingerprint density at radius 3 is 2.56 bits per heavy atom. The van der Waals surface area contributed by atoms with Gasteiger partial charge in [0, 0.05) is 57.8 Å². The van der Waals surface area contributed by atoms with Crippen LogP contribution >= 0.6 is 0 Å². The molecule has 136 valence electrons. The van der Waals surface area contributed by atoms with Gasteiger partial charge in [-0.15, -0.1) is 10.2 Å². The Balaban J connectivity index is 0.00000182. The first-order valence-electron chi connectivity index (χ1n) is 9.25. The van der Waals surface area contributed by atoms with Crippen molar-refractivity contribution in [3.63, 3.8) is 0 Å². The summed E-state index contributed by atoms with van der Waals surface area (Å²) in [6, 6.07) is 8.71. The van der Waals surface area contributed by atoms with Gasteiger partial charge in [-0.2, -0.15) is 0 Å². The highest BCUT2D eigenvalue weighted by Crippen LogP contribution is 2.21. The lowest BCUT2D eigenvalue weighted by molar-refractivity contribution is -0.00000513. The molecular weight excluding hydrogens is 334 g/mol. The molecule has 0 unspecified atom stereocenters. The third-order valence-corrected chi connectivity index (χ3v) is 5.42. The van der Waals surface area contributed by atoms with Gasteiger partial charge < -0.3 is 21.9 Å². The van der Waals surface area contributed by atoms with Crippen LogP contribution in [0, 0.1) is 6.92 Å². The largest absolute Gasteiger partial charge is 1.00 e. The maximum absolute atomic E-state index is 4.43. The molecule has 4 rings (SSSR count). The van der Waals surface area contributed by atoms with Gasteiger partial charge in [0.2, 0.25) is 0 Å². The minimum atomic E-state index is 0. The first kappa shape index (κ1) is 18.2. The Hall–Kier alpha value is -1.59. The highest BCUT2D eigenvalue weighted by molar-refractivity contribution is 5.53. The number of hydrogen-bond acceptors (Lipinski definition) is 4. The standard InChI is InChI=1S/C19H27N5.ClH/c1-16-6-2-3-7-17(16)23-14-12-22(13-15-23)11-9-19-21-20-18-8-4-5-10-24(18)19;/h2-3,6-7H,4-5,8-15H2,1H3;1H/p-1. The molecule has 5 nitrogen and oxygen atoms in total. The monoisotopic (exact) mass is 360 g/mol. The van der Waals surface area contributed by atoms with E-state index in [4.69, 9.17) is 0 Å². The molecule has 1 aromatic heterocycles. The molecule has 0 bridgehead atoms. The van der Waals surface area contributed by atoms with Crippen LogP contribution in [0.25, 0.3) is 0 Å². The molecule has 3 heterocycles. The summed E-state index contributed by atoms with van der Waals surface area (Å²) in [4.78, 5) is 5.09. The highest BCUT2D eigenvalue weighted by Gasteiger charge is 2.20. The molecule has 2 aliphatic heterocycles. The second-order valence-corrected chi connectivity index (χ2v) is 7.01. The van der Waals surface area contributed by atoms with Crippen LogP contribution in [0.5, 0.6) is 0 Å². The van der Waals surface area contributed by atoms with Gasteiger partial charge in [0.05, 0.1) is 0 Å². The van der Waals surface area contributed by atoms with E-state index in [1.165, 1.54) is 35.7 Å². The van der Waals surface area contributed by atoms with Gasteiger partial charge in [-0.3, -0.25) is 4.90 Å². The molecule has 0 aliphatic carbocycles. The van der Waals surface area contributed by atoms with E-state index in [0.717, 1.165) is 52.1 Å². The maximum atomic E-state index is 4.43. The lowest BCUT2D eigenvalue weighted by Crippen LogP contribution is -3.00. The predicted molar refractivity (Wildman–Crippen MR) is 96.5 cm³/mol. The van der Waals surface area contributed by atoms with Gasteiger partial charge in [-0.25, -0.2) is 0 Å². The molecule has 0 radical (unpaired) electrons. The lowest BCUT2D eigenvalue weighted by atomic mass is 10.1. The molecule has 2 aromatic rings. The summed E-state index contributed by atoms with van der Waals surface area (Å²) < 4.78 is 2.35. The number of hydrogen-bond donors (Lipinski definition) is 0. The van der Waals surface area contributed by atoms with Crippen LogP contribution in [0.1, 0.15) is 30.1 Å². The van der Waals surface area contributed by atoms with E-state index in [1.54, 1.807) is 0 Å². The first-order chi connectivity index (χ1) is 11.8. The van der Waals surface area contributed by atoms with Crippen molar-refractivity contribution in [2.75, 3.05) is 37.6 Å². The molecule has 25 heavy (non-hydrogen) atoms. The SMILES string of the molecule is Cc1ccccc1N1CCN(CCc2nnc3n2CCCC3)CC1.[Cl-]. The van der Waals surface area contributed by atoms with Crippen molar-refractivity contribution >= 4 is 5.69 Å². The molecule has 0 saturated carbocycles. The van der Waals surface area contributed by atoms with Gasteiger partial charge in [0.15, 0.2) is 0 Å². The molecule has 1 aromatic carbocycles. The normalized spacial score (nSPS) is 17.9. The van der Waals surface area contributed by atoms with Gasteiger partial charge in [0.1, 0.15) is 11.6 Å². The fourth-order valence-corrected chi connectivity index (χ4v) is 3.94. The highest BCUT2D eigenvalue weighted by atomic mass is 35.5. The number of aryl methyl sites for hydroxylation is 2. The third-order valence-electron chi connectivity index (χ3n) is 5.42. The van der Waals surface area contributed by atoms with Crippen molar-refractivity contribution in [2.45, 2.75) is 39.2 Å². The van der Waals surface area contributed by atoms with E-state index in [0.29, 0.717) is 0 Å². The fraction of sp³-hybridized carbons (Fsp3) is 0.579. The van der Waals surface area contributed by atoms with Crippen molar-refractivity contribution < 1.29 is 12.4 Å². The zero-order chi connectivity index (χ0) is 16.4. The topological polar surface area (TPSA) is 37.2 Å². The van der Waals surface area contributed by atoms with E-state index in [1.807, 2.05) is 0 Å². The van der Waals surface area contributed by atoms with Crippen LogP contribution < -0.4 is 17.3 Å². The van der Waals surface area contributed by atoms with Crippen LogP contribution in [0.15, 0.2) is 24.3 Å². The average Bonchev–Trinajstić information content (AvgIpc) is 3.04. The third kappa shape index (κ3) is 3.98. The number of benzene rings is 1. The Bertz CT molecular complexity index is 691. The summed E-state index contributed by atoms with van der Waals surface area (Å²) in [7, 11) is 0. The van der Waals surface area contributed by atoms with Crippen LogP contribution in [-0.2, 0) is 19.4 Å². The summed E-state index contributed by atoms with van der Waals surface area (Å²) in [6.45, 7) is 8.91. The van der Waals surface area contributed by atoms with Gasteiger partial charge >= 0.3 is 0 Å². The number of para-hydroxylation sites is 1. The minimum absolute atomic E-state index is 0. The Kier molecular flexibility index (Phi) is 5.97. The fourth-order valence-electron chi connectivity index (χ4n) is 3.94. The average molecular weight is 361 g/mol. The number of aromatic nitrogens is 3. The zero-order valence-electron chi connectivity index (χ0n) is 15.0. The summed E-state index contributed by atoms with van der Waals surface area (Å²) in [5.41, 5.74) is 2.77. The number of rotatable bonds is 4. The Labute approximate surface area is 156 Å². The molecule has 0 amide bonds. The van der Waals surface area contributed by atoms with Crippen LogP contribution in [0.3, 0.4) is 0 Å². The number of halogens is 1. The molecule has 0 spiro atoms. The van der Waals surface area contributed by atoms with Gasteiger partial charge in [-0.1, -0.05) is 18.2 Å². The molecule has 0 N–H and O–H groups in total. The summed E-state index contributed by atoms with van der Waals surface area (Å²) in [5.74, 6) is 2.38. The summed E-state index contributed by atoms with van der Waals surface area (Å²) >= 11 is 0. The summed E-state index contributed by atoms with van der Waals surface area (Å²) in [5, 5.41) is 8.80. The van der Waals surface area contributed by atoms with E-state index in [2.05, 4.69) is 55.8 Å². The van der Waals surface area contributed by atoms with Crippen molar-refractivity contribution in [1.82, 2.24) is 19.7 Å². The Morgan fingerprint density at radius 1 is 0.960 bits per heavy atom. The number of piperazine rings is 1. The van der Waals surface area contributed by atoms with E-state index >= 15 is 0 Å². The summed E-state index contributed by atoms with van der Waals surface area (Å²) in [6.07, 6.45) is 4.66. The van der Waals surface area contributed by atoms with Gasteiger partial charge in [0.25, 0.3) is 0 Å². The minimum Gasteiger partial charge on any atom is -1.00 e. The van der Waals surface area contributed by atoms with Crippen molar-refractivity contribution in [2.24, 2.45) is 0 Å². The van der Waals surface area contributed by atoms with E-state index in [-0.39, 0.29) is 12.4 Å². The molecule has 6 heteroatoms. The lowest BCUT2D eigenvalue weighted by Gasteiger charge is -2.36. The molecule has 1 fully saturated rings. The van der Waals surface area contributed by atoms with E-state index in [9.17, 15) is 0 Å². The number of fused-ring (bicyclic) bond motifs is 1. The Morgan fingerprint density at radius 2 is 1.76 bits per heavy atom. The number of nitrogens with zero attached hydrogens (tertiary/aromatic N) is 5. The molecular formula is C19H27ClN5-. The molecule has 1 saturated heterocycles. The van der Waals surface area contributed by atoms with Crippen molar-refractivity contribution in [1.29, 1.82) is 0 Å².